The van der Waals surface area contributed by atoms with Gasteiger partial charge in [-0.1, -0.05) is 27.2 Å². The second kappa shape index (κ2) is 11.0. The maximum atomic E-state index is 13.4. The molecule has 1 aromatic carbocycles. The number of nitrogens with zero attached hydrogens (tertiary/aromatic N) is 1. The van der Waals surface area contributed by atoms with Crippen molar-refractivity contribution < 1.29 is 29.1 Å². The molecule has 1 fully saturated rings. The molecule has 10 heteroatoms. The van der Waals surface area contributed by atoms with Crippen molar-refractivity contribution >= 4 is 23.5 Å². The molecule has 0 aromatic heterocycles. The smallest absolute Gasteiger partial charge is 0.320 e. The van der Waals surface area contributed by atoms with Gasteiger partial charge in [0.1, 0.15) is 24.1 Å². The number of carbonyl (C=O) groups is 3. The number of hydroxylamine groups is 1. The number of nitrogens with one attached hydrogen (secondary N) is 3. The summed E-state index contributed by atoms with van der Waals surface area (Å²) in [6.07, 6.45) is 3.05. The number of hydrogen-bond donors (Lipinski definition) is 4. The number of anilines is 1. The number of benzene rings is 1. The number of urea groups is 1. The molecule has 0 saturated heterocycles. The third-order valence-corrected chi connectivity index (χ3v) is 5.52. The molecule has 1 aromatic rings. The lowest BCUT2D eigenvalue weighted by Gasteiger charge is -2.37. The second-order valence-electron chi connectivity index (χ2n) is 9.01. The van der Waals surface area contributed by atoms with E-state index in [2.05, 4.69) is 10.6 Å². The van der Waals surface area contributed by atoms with Crippen LogP contribution >= 0.6 is 0 Å². The van der Waals surface area contributed by atoms with E-state index in [0.29, 0.717) is 29.6 Å². The summed E-state index contributed by atoms with van der Waals surface area (Å²) in [6.45, 7) is 5.61. The van der Waals surface area contributed by atoms with Gasteiger partial charge >= 0.3 is 6.03 Å². The third-order valence-electron chi connectivity index (χ3n) is 5.52. The molecule has 178 valence electrons. The van der Waals surface area contributed by atoms with Crippen LogP contribution < -0.4 is 25.6 Å². The van der Waals surface area contributed by atoms with Gasteiger partial charge in [0.15, 0.2) is 0 Å². The largest absolute Gasteiger partial charge is 0.497 e. The van der Waals surface area contributed by atoms with Crippen LogP contribution in [-0.4, -0.2) is 61.3 Å². The van der Waals surface area contributed by atoms with Crippen LogP contribution in [0, 0.1) is 11.3 Å². The van der Waals surface area contributed by atoms with E-state index < -0.39 is 23.4 Å². The Morgan fingerprint density at radius 2 is 1.88 bits per heavy atom. The molecule has 0 spiro atoms. The van der Waals surface area contributed by atoms with Gasteiger partial charge < -0.3 is 25.0 Å². The third kappa shape index (κ3) is 6.74. The summed E-state index contributed by atoms with van der Waals surface area (Å²) in [6, 6.07) is 3.46. The fraction of sp³-hybridized carbons (Fsp3) is 0.591. The van der Waals surface area contributed by atoms with Gasteiger partial charge in [-0.15, -0.1) is 0 Å². The van der Waals surface area contributed by atoms with Crippen LogP contribution in [0.4, 0.5) is 10.5 Å². The van der Waals surface area contributed by atoms with Crippen LogP contribution in [-0.2, 0) is 9.59 Å². The highest BCUT2D eigenvalue weighted by Gasteiger charge is 2.37. The van der Waals surface area contributed by atoms with Gasteiger partial charge in [-0.3, -0.25) is 14.8 Å². The summed E-state index contributed by atoms with van der Waals surface area (Å²) in [4.78, 5) is 39.4. The molecule has 4 amide bonds. The lowest BCUT2D eigenvalue weighted by atomic mass is 9.83. The average Bonchev–Trinajstić information content (AvgIpc) is 2.72. The van der Waals surface area contributed by atoms with Crippen molar-refractivity contribution in [1.29, 1.82) is 0 Å². The van der Waals surface area contributed by atoms with Gasteiger partial charge in [0.2, 0.25) is 5.91 Å². The van der Waals surface area contributed by atoms with Crippen LogP contribution in [0.1, 0.15) is 40.0 Å². The van der Waals surface area contributed by atoms with Gasteiger partial charge in [0, 0.05) is 12.6 Å². The van der Waals surface area contributed by atoms with E-state index in [1.54, 1.807) is 23.7 Å². The Morgan fingerprint density at radius 1 is 1.19 bits per heavy atom. The predicted molar refractivity (Wildman–Crippen MR) is 119 cm³/mol. The van der Waals surface area contributed by atoms with E-state index in [1.165, 1.54) is 19.1 Å². The zero-order valence-corrected chi connectivity index (χ0v) is 19.4. The minimum absolute atomic E-state index is 0.284. The van der Waals surface area contributed by atoms with Crippen molar-refractivity contribution in [1.82, 2.24) is 15.7 Å². The quantitative estimate of drug-likeness (QED) is 0.338. The Balaban J connectivity index is 2.18. The van der Waals surface area contributed by atoms with Crippen LogP contribution in [0.25, 0.3) is 0 Å². The molecule has 1 saturated carbocycles. The van der Waals surface area contributed by atoms with Crippen molar-refractivity contribution in [2.75, 3.05) is 32.6 Å². The van der Waals surface area contributed by atoms with Crippen LogP contribution in [0.5, 0.6) is 11.5 Å². The van der Waals surface area contributed by atoms with E-state index in [1.807, 2.05) is 20.8 Å². The lowest BCUT2D eigenvalue weighted by molar-refractivity contribution is -0.143. The Hall–Kier alpha value is -3.01. The SMILES string of the molecule is COc1ccc(NC(=O)N[C@H](C(=O)N(CC(=O)NO)CC2CCC2)C(C)(C)C)c(OC)c1. The minimum Gasteiger partial charge on any atom is -0.497 e. The maximum Gasteiger partial charge on any atom is 0.320 e. The molecule has 2 rings (SSSR count). The highest BCUT2D eigenvalue weighted by atomic mass is 16.5. The summed E-state index contributed by atoms with van der Waals surface area (Å²) in [5.74, 6) is 0.222. The molecule has 0 aliphatic heterocycles. The number of rotatable bonds is 9. The number of carbonyl (C=O) groups excluding carboxylic acids is 3. The van der Waals surface area contributed by atoms with Crippen LogP contribution in [0.15, 0.2) is 18.2 Å². The number of hydrogen-bond acceptors (Lipinski definition) is 6. The molecule has 1 atom stereocenters. The standard InChI is InChI=1S/C22H34N4O6/c1-22(2,3)19(20(28)26(13-18(27)25-30)12-14-7-6-8-14)24-21(29)23-16-10-9-15(31-4)11-17(16)32-5/h9-11,14,19,30H,6-8,12-13H2,1-5H3,(H,25,27)(H2,23,24,29)/t19-/m1/s1. The maximum absolute atomic E-state index is 13.4. The number of ether oxygens (including phenoxy) is 2. The molecule has 4 N–H and O–H groups in total. The van der Waals surface area contributed by atoms with E-state index in [4.69, 9.17) is 14.7 Å². The molecular formula is C22H34N4O6. The summed E-state index contributed by atoms with van der Waals surface area (Å²) in [7, 11) is 3.00. The molecule has 0 unspecified atom stereocenters. The first kappa shape index (κ1) is 25.3. The van der Waals surface area contributed by atoms with E-state index in [0.717, 1.165) is 19.3 Å². The first-order valence-electron chi connectivity index (χ1n) is 10.6. The van der Waals surface area contributed by atoms with Crippen molar-refractivity contribution in [3.8, 4) is 11.5 Å². The Bertz CT molecular complexity index is 819. The van der Waals surface area contributed by atoms with Crippen molar-refractivity contribution in [2.24, 2.45) is 11.3 Å². The van der Waals surface area contributed by atoms with Crippen LogP contribution in [0.2, 0.25) is 0 Å². The summed E-state index contributed by atoms with van der Waals surface area (Å²) >= 11 is 0. The number of methoxy groups -OCH3 is 2. The predicted octanol–water partition coefficient (Wildman–Crippen LogP) is 2.37. The normalized spacial score (nSPS) is 14.6. The van der Waals surface area contributed by atoms with Gasteiger partial charge in [-0.05, 0) is 36.3 Å². The molecule has 32 heavy (non-hydrogen) atoms. The highest BCUT2D eigenvalue weighted by Crippen LogP contribution is 2.30. The highest BCUT2D eigenvalue weighted by molar-refractivity contribution is 5.96. The van der Waals surface area contributed by atoms with Gasteiger partial charge in [0.05, 0.1) is 19.9 Å². The molecule has 0 heterocycles. The second-order valence-corrected chi connectivity index (χ2v) is 9.01. The molecular weight excluding hydrogens is 416 g/mol. The Morgan fingerprint density at radius 3 is 2.38 bits per heavy atom. The first-order chi connectivity index (χ1) is 15.1. The summed E-state index contributed by atoms with van der Waals surface area (Å²) in [5.41, 5.74) is 1.36. The van der Waals surface area contributed by atoms with Crippen LogP contribution in [0.3, 0.4) is 0 Å². The summed E-state index contributed by atoms with van der Waals surface area (Å²) in [5, 5.41) is 14.4. The molecule has 0 radical (unpaired) electrons. The topological polar surface area (TPSA) is 129 Å². The van der Waals surface area contributed by atoms with Gasteiger partial charge in [0.25, 0.3) is 5.91 Å². The van der Waals surface area contributed by atoms with Gasteiger partial charge in [-0.2, -0.15) is 0 Å². The molecule has 1 aliphatic rings. The fourth-order valence-corrected chi connectivity index (χ4v) is 3.45. The zero-order valence-electron chi connectivity index (χ0n) is 19.4. The lowest BCUT2D eigenvalue weighted by Crippen LogP contribution is -2.57. The minimum atomic E-state index is -0.904. The number of amides is 4. The fourth-order valence-electron chi connectivity index (χ4n) is 3.45. The van der Waals surface area contributed by atoms with E-state index in [-0.39, 0.29) is 12.5 Å². The monoisotopic (exact) mass is 450 g/mol. The molecule has 10 nitrogen and oxygen atoms in total. The summed E-state index contributed by atoms with van der Waals surface area (Å²) < 4.78 is 10.5. The van der Waals surface area contributed by atoms with E-state index in [9.17, 15) is 14.4 Å². The van der Waals surface area contributed by atoms with Gasteiger partial charge in [-0.25, -0.2) is 10.3 Å². The first-order valence-corrected chi connectivity index (χ1v) is 10.6. The van der Waals surface area contributed by atoms with Crippen molar-refractivity contribution in [3.05, 3.63) is 18.2 Å². The molecule has 1 aliphatic carbocycles. The van der Waals surface area contributed by atoms with E-state index >= 15 is 0 Å². The Labute approximate surface area is 188 Å². The average molecular weight is 451 g/mol. The zero-order chi connectivity index (χ0) is 23.9. The molecule has 0 bridgehead atoms. The van der Waals surface area contributed by atoms with Crippen molar-refractivity contribution in [2.45, 2.75) is 46.1 Å². The van der Waals surface area contributed by atoms with Crippen molar-refractivity contribution in [3.63, 3.8) is 0 Å². The Kier molecular flexibility index (Phi) is 8.71.